The van der Waals surface area contributed by atoms with Crippen molar-refractivity contribution in [2.45, 2.75) is 37.5 Å². The van der Waals surface area contributed by atoms with Crippen molar-refractivity contribution in [2.75, 3.05) is 13.3 Å². The molecule has 0 N–H and O–H groups in total. The number of nitrogens with zero attached hydrogens (tertiary/aromatic N) is 3. The minimum Gasteiger partial charge on any atom is -0.319 e. The third-order valence-electron chi connectivity index (χ3n) is 15.0. The highest BCUT2D eigenvalue weighted by molar-refractivity contribution is 7.70. The molecular weight excluding hydrogens is 894 g/mol. The molecule has 0 atom stereocenters. The predicted octanol–water partition coefficient (Wildman–Crippen LogP) is 17.3. The Kier molecular flexibility index (Phi) is 11.9. The topological polar surface area (TPSA) is 55.7 Å². The number of hydrogen-bond acceptors (Lipinski definition) is 4. The van der Waals surface area contributed by atoms with E-state index < -0.39 is 7.14 Å². The molecule has 11 aromatic rings. The molecule has 5 heteroatoms. The smallest absolute Gasteiger partial charge is 0.164 e. The van der Waals surface area contributed by atoms with Gasteiger partial charge in [-0.25, -0.2) is 15.0 Å². The van der Waals surface area contributed by atoms with Crippen molar-refractivity contribution in [1.29, 1.82) is 0 Å². The van der Waals surface area contributed by atoms with Crippen LogP contribution in [0.3, 0.4) is 0 Å². The van der Waals surface area contributed by atoms with Crippen LogP contribution in [0, 0.1) is 0 Å². The molecular formula is C67H54N3OP. The summed E-state index contributed by atoms with van der Waals surface area (Å²) in [4.78, 5) is 15.6. The Balaban J connectivity index is 0.924. The van der Waals surface area contributed by atoms with Crippen LogP contribution >= 0.6 is 7.14 Å². The molecule has 1 fully saturated rings. The third-order valence-corrected chi connectivity index (χ3v) is 16.5. The van der Waals surface area contributed by atoms with E-state index in [2.05, 4.69) is 206 Å². The van der Waals surface area contributed by atoms with Crippen molar-refractivity contribution in [3.63, 3.8) is 0 Å². The minimum atomic E-state index is -2.38. The second kappa shape index (κ2) is 18.9. The zero-order chi connectivity index (χ0) is 48.7. The van der Waals surface area contributed by atoms with Crippen LogP contribution in [-0.4, -0.2) is 28.3 Å². The van der Waals surface area contributed by atoms with Gasteiger partial charge in [0.15, 0.2) is 17.5 Å². The fraction of sp³-hybridized carbons (Fsp3) is 0.119. The van der Waals surface area contributed by atoms with Gasteiger partial charge in [-0.2, -0.15) is 0 Å². The van der Waals surface area contributed by atoms with Crippen LogP contribution in [-0.2, 0) is 9.98 Å². The van der Waals surface area contributed by atoms with E-state index in [4.69, 9.17) is 15.0 Å². The van der Waals surface area contributed by atoms with Gasteiger partial charge < -0.3 is 4.57 Å². The zero-order valence-electron chi connectivity index (χ0n) is 40.7. The largest absolute Gasteiger partial charge is 0.319 e. The molecule has 0 saturated heterocycles. The van der Waals surface area contributed by atoms with Gasteiger partial charge in [-0.3, -0.25) is 0 Å². The molecule has 0 aliphatic heterocycles. The maximum Gasteiger partial charge on any atom is 0.164 e. The van der Waals surface area contributed by atoms with Gasteiger partial charge in [0.1, 0.15) is 7.14 Å². The minimum absolute atomic E-state index is 0.124. The van der Waals surface area contributed by atoms with Crippen molar-refractivity contribution < 1.29 is 4.57 Å². The molecule has 72 heavy (non-hydrogen) atoms. The Morgan fingerprint density at radius 2 is 0.694 bits per heavy atom. The van der Waals surface area contributed by atoms with E-state index in [0.717, 1.165) is 57.1 Å². The average Bonchev–Trinajstić information content (AvgIpc) is 3.45. The van der Waals surface area contributed by atoms with E-state index in [0.29, 0.717) is 17.5 Å². The quantitative estimate of drug-likeness (QED) is 0.101. The summed E-state index contributed by atoms with van der Waals surface area (Å²) in [6.07, 6.45) is 5.78. The number of fused-ring (bicyclic) bond motifs is 2. The molecule has 0 radical (unpaired) electrons. The maximum absolute atomic E-state index is 13.0. The first-order chi connectivity index (χ1) is 35.3. The van der Waals surface area contributed by atoms with E-state index in [1.54, 1.807) is 0 Å². The molecule has 0 bridgehead atoms. The van der Waals surface area contributed by atoms with E-state index in [9.17, 15) is 4.57 Å². The molecule has 0 unspecified atom stereocenters. The lowest BCUT2D eigenvalue weighted by molar-refractivity contribution is 0.346. The number of aromatic nitrogens is 3. The van der Waals surface area contributed by atoms with Crippen LogP contribution in [0.25, 0.3) is 100 Å². The molecule has 1 aromatic heterocycles. The zero-order valence-corrected chi connectivity index (χ0v) is 41.6. The number of rotatable bonds is 10. The summed E-state index contributed by atoms with van der Waals surface area (Å²) in [7, 11) is -2.38. The SMILES string of the molecule is CP(C)(=O)c1ccc(-c2c3ccccc3c(-c3ccc(C4(c5ccc(-c6nc(-c7ccc(-c8ccccc8)cc7)nc(-c7ccccc7-c7ccccc7)n6)cc5)CCCCC4)cc3)c3ccccc23)cc1. The molecule has 1 aliphatic rings. The predicted molar refractivity (Wildman–Crippen MR) is 302 cm³/mol. The Morgan fingerprint density at radius 3 is 1.18 bits per heavy atom. The average molecular weight is 948 g/mol. The molecule has 10 aromatic carbocycles. The molecule has 4 nitrogen and oxygen atoms in total. The van der Waals surface area contributed by atoms with Gasteiger partial charge >= 0.3 is 0 Å². The van der Waals surface area contributed by atoms with Crippen molar-refractivity contribution in [2.24, 2.45) is 0 Å². The van der Waals surface area contributed by atoms with E-state index in [1.165, 1.54) is 74.2 Å². The van der Waals surface area contributed by atoms with Crippen LogP contribution in [0.5, 0.6) is 0 Å². The summed E-state index contributed by atoms with van der Waals surface area (Å²) >= 11 is 0. The summed E-state index contributed by atoms with van der Waals surface area (Å²) in [5.74, 6) is 1.93. The molecule has 348 valence electrons. The monoisotopic (exact) mass is 947 g/mol. The molecule has 0 amide bonds. The second-order valence-electron chi connectivity index (χ2n) is 19.7. The highest BCUT2D eigenvalue weighted by Gasteiger charge is 2.36. The molecule has 0 spiro atoms. The second-order valence-corrected chi connectivity index (χ2v) is 22.9. The van der Waals surface area contributed by atoms with Gasteiger partial charge in [0.25, 0.3) is 0 Å². The number of hydrogen-bond donors (Lipinski definition) is 0. The number of benzene rings is 10. The summed E-state index contributed by atoms with van der Waals surface area (Å²) in [6.45, 7) is 3.67. The lowest BCUT2D eigenvalue weighted by Crippen LogP contribution is -2.30. The van der Waals surface area contributed by atoms with Crippen LogP contribution in [0.4, 0.5) is 0 Å². The van der Waals surface area contributed by atoms with Crippen LogP contribution in [0.2, 0.25) is 0 Å². The highest BCUT2D eigenvalue weighted by Crippen LogP contribution is 2.48. The fourth-order valence-corrected chi connectivity index (χ4v) is 12.1. The van der Waals surface area contributed by atoms with Crippen molar-refractivity contribution in [1.82, 2.24) is 15.0 Å². The van der Waals surface area contributed by atoms with Crippen LogP contribution < -0.4 is 5.30 Å². The summed E-state index contributed by atoms with van der Waals surface area (Å²) < 4.78 is 13.0. The molecule has 1 heterocycles. The van der Waals surface area contributed by atoms with Crippen molar-refractivity contribution in [3.05, 3.63) is 242 Å². The van der Waals surface area contributed by atoms with Gasteiger partial charge in [-0.05, 0) is 103 Å². The van der Waals surface area contributed by atoms with E-state index in [-0.39, 0.29) is 5.41 Å². The molecule has 12 rings (SSSR count). The third kappa shape index (κ3) is 8.46. The van der Waals surface area contributed by atoms with E-state index in [1.807, 2.05) is 37.6 Å². The Hall–Kier alpha value is -8.04. The normalized spacial score (nSPS) is 13.6. The highest BCUT2D eigenvalue weighted by atomic mass is 31.2. The van der Waals surface area contributed by atoms with Crippen molar-refractivity contribution >= 4 is 34.0 Å². The van der Waals surface area contributed by atoms with Gasteiger partial charge in [0.2, 0.25) is 0 Å². The van der Waals surface area contributed by atoms with E-state index >= 15 is 0 Å². The Labute approximate surface area is 422 Å². The van der Waals surface area contributed by atoms with Gasteiger partial charge in [-0.1, -0.05) is 250 Å². The summed E-state index contributed by atoms with van der Waals surface area (Å²) in [5, 5.41) is 5.76. The van der Waals surface area contributed by atoms with Crippen LogP contribution in [0.15, 0.2) is 231 Å². The maximum atomic E-state index is 13.0. The summed E-state index contributed by atoms with van der Waals surface area (Å²) in [5.41, 5.74) is 14.7. The first kappa shape index (κ1) is 45.1. The lowest BCUT2D eigenvalue weighted by atomic mass is 9.65. The first-order valence-corrected chi connectivity index (χ1v) is 27.8. The van der Waals surface area contributed by atoms with Crippen LogP contribution in [0.1, 0.15) is 43.2 Å². The molecule has 1 aliphatic carbocycles. The summed E-state index contributed by atoms with van der Waals surface area (Å²) in [6, 6.07) is 82.5. The fourth-order valence-electron chi connectivity index (χ4n) is 11.3. The Bertz CT molecular complexity index is 3730. The molecule has 1 saturated carbocycles. The van der Waals surface area contributed by atoms with Gasteiger partial charge in [0, 0.05) is 27.4 Å². The lowest BCUT2D eigenvalue weighted by Gasteiger charge is -2.39. The van der Waals surface area contributed by atoms with Crippen molar-refractivity contribution in [3.8, 4) is 78.7 Å². The Morgan fingerprint density at radius 1 is 0.333 bits per heavy atom. The standard InChI is InChI=1S/C67H54N3OP/c1-72(2,71)55-42-36-50(37-43-55)63-59-25-13-11-23-57(59)62(58-24-12-14-26-60(58)63)49-32-38-53(39-33-49)67(44-16-5-17-45-67)54-40-34-52(35-41-54)65-68-64(51-30-28-47(29-31-51)46-18-6-3-7-19-46)69-66(70-65)61-27-15-10-22-56(61)48-20-8-4-9-21-48/h3-4,6-15,18-43H,5,16-17,44-45H2,1-2H3. The van der Waals surface area contributed by atoms with Gasteiger partial charge in [-0.15, -0.1) is 0 Å². The first-order valence-electron chi connectivity index (χ1n) is 25.2. The van der Waals surface area contributed by atoms with Gasteiger partial charge in [0.05, 0.1) is 0 Å².